The Balaban J connectivity index is 1.67. The molecule has 1 atom stereocenters. The average molecular weight is 318 g/mol. The number of amides is 1. The van der Waals surface area contributed by atoms with Crippen LogP contribution in [0.4, 0.5) is 27.5 Å². The van der Waals surface area contributed by atoms with Gasteiger partial charge in [0, 0.05) is 5.69 Å². The van der Waals surface area contributed by atoms with Gasteiger partial charge in [0.15, 0.2) is 0 Å². The molecule has 118 valence electrons. The topological polar surface area (TPSA) is 127 Å². The number of aromatic nitrogens is 2. The van der Waals surface area contributed by atoms with E-state index in [1.54, 1.807) is 0 Å². The smallest absolute Gasteiger partial charge is 0.329 e. The number of benzene rings is 1. The number of anilines is 3. The van der Waals surface area contributed by atoms with Gasteiger partial charge in [0.1, 0.15) is 18.1 Å². The molecular formula is C13H11FN6O3. The molecule has 0 aliphatic carbocycles. The van der Waals surface area contributed by atoms with Crippen LogP contribution in [0.25, 0.3) is 0 Å². The third kappa shape index (κ3) is 2.73. The van der Waals surface area contributed by atoms with Crippen molar-refractivity contribution in [3.8, 4) is 0 Å². The molecule has 9 nitrogen and oxygen atoms in total. The van der Waals surface area contributed by atoms with E-state index in [4.69, 9.17) is 5.73 Å². The second-order valence-corrected chi connectivity index (χ2v) is 4.84. The van der Waals surface area contributed by atoms with Crippen LogP contribution in [0.15, 0.2) is 30.5 Å². The van der Waals surface area contributed by atoms with Crippen LogP contribution < -0.4 is 16.0 Å². The lowest BCUT2D eigenvalue weighted by atomic mass is 10.1. The molecule has 0 bridgehead atoms. The summed E-state index contributed by atoms with van der Waals surface area (Å²) in [5.41, 5.74) is 5.64. The van der Waals surface area contributed by atoms with Crippen molar-refractivity contribution in [1.82, 2.24) is 9.97 Å². The SMILES string of the molecule is Nc1nc(N[C@H]2CN(c3ccc(F)cc3)C2=O)ncc1[N+](=O)[O-]. The van der Waals surface area contributed by atoms with Gasteiger partial charge in [-0.15, -0.1) is 0 Å². The summed E-state index contributed by atoms with van der Waals surface area (Å²) in [6.07, 6.45) is 0.978. The molecule has 3 rings (SSSR count). The first-order valence-corrected chi connectivity index (χ1v) is 6.56. The highest BCUT2D eigenvalue weighted by molar-refractivity contribution is 6.05. The molecular weight excluding hydrogens is 307 g/mol. The van der Waals surface area contributed by atoms with Crippen LogP contribution in [0.2, 0.25) is 0 Å². The number of rotatable bonds is 4. The molecule has 23 heavy (non-hydrogen) atoms. The number of carbonyl (C=O) groups excluding carboxylic acids is 1. The Morgan fingerprint density at radius 3 is 2.65 bits per heavy atom. The van der Waals surface area contributed by atoms with Crippen molar-refractivity contribution in [3.05, 3.63) is 46.4 Å². The van der Waals surface area contributed by atoms with Crippen LogP contribution in [0, 0.1) is 15.9 Å². The van der Waals surface area contributed by atoms with Crippen molar-refractivity contribution >= 4 is 29.0 Å². The molecule has 10 heteroatoms. The van der Waals surface area contributed by atoms with Gasteiger partial charge in [-0.3, -0.25) is 14.9 Å². The Morgan fingerprint density at radius 2 is 2.09 bits per heavy atom. The van der Waals surface area contributed by atoms with E-state index in [1.807, 2.05) is 0 Å². The highest BCUT2D eigenvalue weighted by atomic mass is 19.1. The van der Waals surface area contributed by atoms with Crippen LogP contribution >= 0.6 is 0 Å². The Hall–Kier alpha value is -3.30. The molecule has 1 aliphatic rings. The number of hydrogen-bond donors (Lipinski definition) is 2. The zero-order valence-electron chi connectivity index (χ0n) is 11.6. The third-order valence-electron chi connectivity index (χ3n) is 3.37. The molecule has 1 aromatic heterocycles. The van der Waals surface area contributed by atoms with Gasteiger partial charge < -0.3 is 16.0 Å². The van der Waals surface area contributed by atoms with Gasteiger partial charge in [-0.25, -0.2) is 9.37 Å². The molecule has 0 saturated carbocycles. The van der Waals surface area contributed by atoms with Crippen LogP contribution in [0.5, 0.6) is 0 Å². The molecule has 1 aromatic carbocycles. The predicted octanol–water partition coefficient (Wildman–Crippen LogP) is 0.933. The Kier molecular flexibility index (Phi) is 3.48. The Labute approximate surface area is 129 Å². The summed E-state index contributed by atoms with van der Waals surface area (Å²) in [4.78, 5) is 31.0. The summed E-state index contributed by atoms with van der Waals surface area (Å²) in [5, 5.41) is 13.4. The first-order chi connectivity index (χ1) is 11.0. The molecule has 1 saturated heterocycles. The second-order valence-electron chi connectivity index (χ2n) is 4.84. The first kappa shape index (κ1) is 14.6. The maximum Gasteiger partial charge on any atom is 0.329 e. The molecule has 0 spiro atoms. The zero-order chi connectivity index (χ0) is 16.6. The molecule has 3 N–H and O–H groups in total. The van der Waals surface area contributed by atoms with Gasteiger partial charge >= 0.3 is 5.69 Å². The van der Waals surface area contributed by atoms with Crippen molar-refractivity contribution in [3.63, 3.8) is 0 Å². The van der Waals surface area contributed by atoms with E-state index in [-0.39, 0.29) is 23.5 Å². The van der Waals surface area contributed by atoms with E-state index >= 15 is 0 Å². The highest BCUT2D eigenvalue weighted by Gasteiger charge is 2.38. The highest BCUT2D eigenvalue weighted by Crippen LogP contribution is 2.25. The standard InChI is InChI=1S/C13H11FN6O3/c14-7-1-3-8(4-2-7)19-6-9(12(19)21)17-13-16-5-10(20(22)23)11(15)18-13/h1-5,9H,6H2,(H3,15,16,17,18)/t9-/m0/s1. The summed E-state index contributed by atoms with van der Waals surface area (Å²) in [6, 6.07) is 4.97. The fraction of sp³-hybridized carbons (Fsp3) is 0.154. The number of carbonyl (C=O) groups is 1. The number of nitrogens with one attached hydrogen (secondary N) is 1. The van der Waals surface area contributed by atoms with E-state index < -0.39 is 16.7 Å². The summed E-state index contributed by atoms with van der Waals surface area (Å²) in [5.74, 6) is -0.872. The average Bonchev–Trinajstić information content (AvgIpc) is 2.51. The van der Waals surface area contributed by atoms with E-state index in [2.05, 4.69) is 15.3 Å². The quantitative estimate of drug-likeness (QED) is 0.487. The fourth-order valence-electron chi connectivity index (χ4n) is 2.14. The normalized spacial score (nSPS) is 16.8. The van der Waals surface area contributed by atoms with E-state index in [9.17, 15) is 19.3 Å². The Morgan fingerprint density at radius 1 is 1.39 bits per heavy atom. The monoisotopic (exact) mass is 318 g/mol. The molecule has 1 aliphatic heterocycles. The Bertz CT molecular complexity index is 782. The van der Waals surface area contributed by atoms with Crippen molar-refractivity contribution < 1.29 is 14.1 Å². The molecule has 2 heterocycles. The summed E-state index contributed by atoms with van der Waals surface area (Å²) >= 11 is 0. The molecule has 2 aromatic rings. The van der Waals surface area contributed by atoms with Crippen LogP contribution in [0.3, 0.4) is 0 Å². The van der Waals surface area contributed by atoms with Gasteiger partial charge in [-0.1, -0.05) is 0 Å². The first-order valence-electron chi connectivity index (χ1n) is 6.56. The molecule has 1 fully saturated rings. The number of nitrogens with two attached hydrogens (primary N) is 1. The summed E-state index contributed by atoms with van der Waals surface area (Å²) < 4.78 is 12.9. The largest absolute Gasteiger partial charge is 0.378 e. The summed E-state index contributed by atoms with van der Waals surface area (Å²) in [6.45, 7) is 0.338. The van der Waals surface area contributed by atoms with E-state index in [0.29, 0.717) is 12.2 Å². The zero-order valence-corrected chi connectivity index (χ0v) is 11.6. The molecule has 1 amide bonds. The minimum atomic E-state index is -0.691. The van der Waals surface area contributed by atoms with Crippen LogP contribution in [0.1, 0.15) is 0 Å². The lowest BCUT2D eigenvalue weighted by molar-refractivity contribution is -0.384. The van der Waals surface area contributed by atoms with Crippen molar-refractivity contribution in [2.45, 2.75) is 6.04 Å². The van der Waals surface area contributed by atoms with Gasteiger partial charge in [0.2, 0.25) is 11.8 Å². The maximum atomic E-state index is 12.9. The van der Waals surface area contributed by atoms with Gasteiger partial charge in [-0.05, 0) is 24.3 Å². The van der Waals surface area contributed by atoms with Gasteiger partial charge in [-0.2, -0.15) is 4.98 Å². The van der Waals surface area contributed by atoms with Crippen LogP contribution in [-0.4, -0.2) is 33.4 Å². The van der Waals surface area contributed by atoms with Gasteiger partial charge in [0.25, 0.3) is 5.91 Å². The number of β-lactam (4-membered cyclic amide) rings is 1. The third-order valence-corrected chi connectivity index (χ3v) is 3.37. The fourth-order valence-corrected chi connectivity index (χ4v) is 2.14. The number of hydrogen-bond acceptors (Lipinski definition) is 7. The van der Waals surface area contributed by atoms with E-state index in [1.165, 1.54) is 29.2 Å². The minimum Gasteiger partial charge on any atom is -0.378 e. The van der Waals surface area contributed by atoms with Crippen LogP contribution in [-0.2, 0) is 4.79 Å². The lowest BCUT2D eigenvalue weighted by Crippen LogP contribution is -2.60. The second kappa shape index (κ2) is 5.48. The predicted molar refractivity (Wildman–Crippen MR) is 79.3 cm³/mol. The van der Waals surface area contributed by atoms with Gasteiger partial charge in [0.05, 0.1) is 11.5 Å². The lowest BCUT2D eigenvalue weighted by Gasteiger charge is -2.38. The number of nitrogen functional groups attached to an aromatic ring is 1. The number of nitro groups is 1. The molecule has 0 unspecified atom stereocenters. The van der Waals surface area contributed by atoms with Crippen molar-refractivity contribution in [2.24, 2.45) is 0 Å². The van der Waals surface area contributed by atoms with Crippen molar-refractivity contribution in [2.75, 3.05) is 22.5 Å². The molecule has 0 radical (unpaired) electrons. The number of halogens is 1. The maximum absolute atomic E-state index is 12.9. The minimum absolute atomic E-state index is 0.0326. The number of nitrogens with zero attached hydrogens (tertiary/aromatic N) is 4. The summed E-state index contributed by atoms with van der Waals surface area (Å²) in [7, 11) is 0. The van der Waals surface area contributed by atoms with Crippen molar-refractivity contribution in [1.29, 1.82) is 0 Å². The van der Waals surface area contributed by atoms with E-state index in [0.717, 1.165) is 6.20 Å².